The Balaban J connectivity index is 1.71. The zero-order valence-corrected chi connectivity index (χ0v) is 20.7. The average Bonchev–Trinajstić information content (AvgIpc) is 3.10. The lowest BCUT2D eigenvalue weighted by Crippen LogP contribution is -2.39. The van der Waals surface area contributed by atoms with Gasteiger partial charge >= 0.3 is 0 Å². The molecule has 1 aliphatic rings. The van der Waals surface area contributed by atoms with Crippen LogP contribution in [0.2, 0.25) is 0 Å². The van der Waals surface area contributed by atoms with Gasteiger partial charge in [-0.1, -0.05) is 36.0 Å². The van der Waals surface area contributed by atoms with Crippen LogP contribution in [-0.4, -0.2) is 44.0 Å². The molecule has 0 amide bonds. The Bertz CT molecular complexity index is 1450. The monoisotopic (exact) mass is 521 g/mol. The molecular weight excluding hydrogens is 496 g/mol. The van der Waals surface area contributed by atoms with Crippen molar-refractivity contribution in [2.75, 3.05) is 23.0 Å². The van der Waals surface area contributed by atoms with Crippen LogP contribution in [0.15, 0.2) is 70.6 Å². The summed E-state index contributed by atoms with van der Waals surface area (Å²) >= 11 is 1.57. The summed E-state index contributed by atoms with van der Waals surface area (Å²) in [6, 6.07) is 19.6. The van der Waals surface area contributed by atoms with E-state index in [-0.39, 0.29) is 24.3 Å². The van der Waals surface area contributed by atoms with E-state index in [2.05, 4.69) is 0 Å². The van der Waals surface area contributed by atoms with Crippen molar-refractivity contribution in [2.24, 2.45) is 0 Å². The van der Waals surface area contributed by atoms with Gasteiger partial charge in [0.25, 0.3) is 20.2 Å². The highest BCUT2D eigenvalue weighted by Gasteiger charge is 2.27. The normalized spacial score (nSPS) is 15.2. The van der Waals surface area contributed by atoms with E-state index in [0.29, 0.717) is 13.1 Å². The van der Waals surface area contributed by atoms with E-state index >= 15 is 0 Å². The minimum Gasteiger partial charge on any atom is -0.335 e. The average molecular weight is 522 g/mol. The van der Waals surface area contributed by atoms with Crippen molar-refractivity contribution >= 4 is 54.7 Å². The second kappa shape index (κ2) is 10.0. The molecule has 0 unspecified atom stereocenters. The largest absolute Gasteiger partial charge is 0.335 e. The molecule has 180 valence electrons. The van der Waals surface area contributed by atoms with Gasteiger partial charge in [0.1, 0.15) is 0 Å². The molecule has 0 aliphatic carbocycles. The minimum atomic E-state index is -4.06. The molecule has 0 saturated heterocycles. The number of pyridine rings is 1. The number of anilines is 1. The number of thioether (sulfide) groups is 1. The van der Waals surface area contributed by atoms with Crippen LogP contribution in [0.1, 0.15) is 18.5 Å². The van der Waals surface area contributed by atoms with Gasteiger partial charge in [0, 0.05) is 41.5 Å². The molecule has 4 rings (SSSR count). The van der Waals surface area contributed by atoms with E-state index in [0.717, 1.165) is 32.2 Å². The Morgan fingerprint density at radius 2 is 1.53 bits per heavy atom. The number of hydrogen-bond donors (Lipinski definition) is 2. The zero-order valence-electron chi connectivity index (χ0n) is 18.2. The van der Waals surface area contributed by atoms with E-state index in [1.165, 1.54) is 0 Å². The quantitative estimate of drug-likeness (QED) is 0.324. The molecule has 1 aromatic heterocycles. The van der Waals surface area contributed by atoms with Gasteiger partial charge in [-0.05, 0) is 30.7 Å². The lowest BCUT2D eigenvalue weighted by atomic mass is 10.1. The molecule has 0 saturated carbocycles. The second-order valence-corrected chi connectivity index (χ2v) is 12.2. The van der Waals surface area contributed by atoms with Gasteiger partial charge in [-0.3, -0.25) is 9.11 Å². The molecule has 0 radical (unpaired) electrons. The molecule has 0 spiro atoms. The fraction of sp³-hybridized carbons (Fsp3) is 0.261. The Hall–Kier alpha value is -2.44. The molecular formula is C23H25N2O6S3+. The van der Waals surface area contributed by atoms with Crippen molar-refractivity contribution in [1.82, 2.24) is 0 Å². The first-order valence-corrected chi connectivity index (χ1v) is 14.7. The summed E-state index contributed by atoms with van der Waals surface area (Å²) in [5.41, 5.74) is 2.75. The van der Waals surface area contributed by atoms with Crippen molar-refractivity contribution in [3.05, 3.63) is 71.4 Å². The van der Waals surface area contributed by atoms with E-state index in [9.17, 15) is 16.8 Å². The van der Waals surface area contributed by atoms with E-state index in [1.54, 1.807) is 11.8 Å². The summed E-state index contributed by atoms with van der Waals surface area (Å²) in [6.07, 6.45) is 2.51. The summed E-state index contributed by atoms with van der Waals surface area (Å²) in [4.78, 5) is 3.07. The third-order valence-electron chi connectivity index (χ3n) is 5.45. The Kier molecular flexibility index (Phi) is 7.29. The molecule has 11 heteroatoms. The molecule has 0 atom stereocenters. The van der Waals surface area contributed by atoms with Gasteiger partial charge in [0.15, 0.2) is 6.54 Å². The standard InChI is InChI=1S/C23H24N2O6S3/c26-33(27,28)15-5-13-24-19(12-11-18-7-1-2-8-20(18)24)17-23-25(14-6-16-34(29,30)31)21-9-3-4-10-22(21)32-23/h1-4,7-12,17H,5-6,13-16H2,(H-,26,27,28,29,30,31)/p+1. The summed E-state index contributed by atoms with van der Waals surface area (Å²) in [5.74, 6) is -0.656. The highest BCUT2D eigenvalue weighted by Crippen LogP contribution is 2.46. The Labute approximate surface area is 203 Å². The van der Waals surface area contributed by atoms with Crippen LogP contribution in [0.4, 0.5) is 5.69 Å². The van der Waals surface area contributed by atoms with Crippen LogP contribution in [0.5, 0.6) is 0 Å². The van der Waals surface area contributed by atoms with Gasteiger partial charge in [0.05, 0.1) is 22.2 Å². The Morgan fingerprint density at radius 1 is 0.853 bits per heavy atom. The topological polar surface area (TPSA) is 116 Å². The van der Waals surface area contributed by atoms with Crippen LogP contribution < -0.4 is 9.47 Å². The minimum absolute atomic E-state index is 0.249. The SMILES string of the molecule is O=S(=O)(O)CCCN1/C(=C/c2ccc3ccccc3[n+]2CCCS(=O)(=O)O)Sc2ccccc21. The van der Waals surface area contributed by atoms with Crippen molar-refractivity contribution in [1.29, 1.82) is 0 Å². The van der Waals surface area contributed by atoms with Gasteiger partial charge in [-0.15, -0.1) is 0 Å². The molecule has 34 heavy (non-hydrogen) atoms. The fourth-order valence-electron chi connectivity index (χ4n) is 3.98. The molecule has 2 aromatic carbocycles. The lowest BCUT2D eigenvalue weighted by molar-refractivity contribution is -0.673. The summed E-state index contributed by atoms with van der Waals surface area (Å²) in [6.45, 7) is 0.798. The van der Waals surface area contributed by atoms with Gasteiger partial charge in [-0.25, -0.2) is 0 Å². The number of aryl methyl sites for hydroxylation is 1. The second-order valence-electron chi connectivity index (χ2n) is 7.95. The first-order valence-electron chi connectivity index (χ1n) is 10.7. The molecule has 8 nitrogen and oxygen atoms in total. The molecule has 0 fully saturated rings. The van der Waals surface area contributed by atoms with Crippen molar-refractivity contribution in [2.45, 2.75) is 24.3 Å². The van der Waals surface area contributed by atoms with E-state index in [1.807, 2.05) is 76.2 Å². The number of benzene rings is 2. The van der Waals surface area contributed by atoms with Crippen LogP contribution >= 0.6 is 11.8 Å². The van der Waals surface area contributed by atoms with Crippen molar-refractivity contribution in [3.63, 3.8) is 0 Å². The third kappa shape index (κ3) is 6.16. The van der Waals surface area contributed by atoms with Gasteiger partial charge in [-0.2, -0.15) is 21.4 Å². The molecule has 3 aromatic rings. The number of aromatic nitrogens is 1. The zero-order chi connectivity index (χ0) is 24.3. The first kappa shape index (κ1) is 24.7. The molecule has 1 aliphatic heterocycles. The maximum Gasteiger partial charge on any atom is 0.265 e. The van der Waals surface area contributed by atoms with Crippen LogP contribution in [0.25, 0.3) is 17.0 Å². The number of fused-ring (bicyclic) bond motifs is 2. The third-order valence-corrected chi connectivity index (χ3v) is 8.17. The molecule has 2 heterocycles. The maximum atomic E-state index is 11.3. The van der Waals surface area contributed by atoms with Crippen LogP contribution in [0.3, 0.4) is 0 Å². The summed E-state index contributed by atoms with van der Waals surface area (Å²) in [5, 5.41) is 1.90. The Morgan fingerprint density at radius 3 is 2.29 bits per heavy atom. The van der Waals surface area contributed by atoms with E-state index in [4.69, 9.17) is 9.11 Å². The highest BCUT2D eigenvalue weighted by molar-refractivity contribution is 8.03. The lowest BCUT2D eigenvalue weighted by Gasteiger charge is -2.20. The number of rotatable bonds is 9. The van der Waals surface area contributed by atoms with E-state index < -0.39 is 20.2 Å². The highest BCUT2D eigenvalue weighted by atomic mass is 32.2. The molecule has 2 N–H and O–H groups in total. The van der Waals surface area contributed by atoms with Gasteiger partial charge in [0.2, 0.25) is 11.2 Å². The van der Waals surface area contributed by atoms with Crippen molar-refractivity contribution in [3.8, 4) is 0 Å². The fourth-order valence-corrected chi connectivity index (χ4v) is 6.10. The number of nitrogens with zero attached hydrogens (tertiary/aromatic N) is 2. The summed E-state index contributed by atoms with van der Waals surface area (Å²) < 4.78 is 65.3. The van der Waals surface area contributed by atoms with Gasteiger partial charge < -0.3 is 4.90 Å². The summed E-state index contributed by atoms with van der Waals surface area (Å²) in [7, 11) is -8.11. The molecule has 0 bridgehead atoms. The maximum absolute atomic E-state index is 11.3. The first-order chi connectivity index (χ1) is 16.1. The van der Waals surface area contributed by atoms with Crippen LogP contribution in [0, 0.1) is 0 Å². The predicted octanol–water partition coefficient (Wildman–Crippen LogP) is 3.59. The van der Waals surface area contributed by atoms with Crippen LogP contribution in [-0.2, 0) is 26.8 Å². The number of hydrogen-bond acceptors (Lipinski definition) is 6. The van der Waals surface area contributed by atoms with Crippen molar-refractivity contribution < 1.29 is 30.5 Å². The number of para-hydroxylation sites is 2. The predicted molar refractivity (Wildman–Crippen MR) is 134 cm³/mol. The smallest absolute Gasteiger partial charge is 0.265 e.